The molecule has 0 fully saturated rings. The molecule has 0 aliphatic carbocycles. The molecule has 3 N–H and O–H groups in total. The molecular formula is C18H31ClIN5O2. The van der Waals surface area contributed by atoms with Crippen LogP contribution in [0, 0.1) is 0 Å². The van der Waals surface area contributed by atoms with Gasteiger partial charge >= 0.3 is 0 Å². The van der Waals surface area contributed by atoms with Gasteiger partial charge in [0.2, 0.25) is 0 Å². The van der Waals surface area contributed by atoms with Gasteiger partial charge in [-0.15, -0.1) is 24.0 Å². The Morgan fingerprint density at radius 2 is 1.74 bits per heavy atom. The highest BCUT2D eigenvalue weighted by Gasteiger charge is 2.04. The Balaban J connectivity index is 0.00000676. The first kappa shape index (κ1) is 25.9. The van der Waals surface area contributed by atoms with E-state index in [1.54, 1.807) is 38.4 Å². The second-order valence-corrected chi connectivity index (χ2v) is 6.27. The molecule has 1 aromatic rings. The fourth-order valence-corrected chi connectivity index (χ4v) is 2.36. The summed E-state index contributed by atoms with van der Waals surface area (Å²) in [6.07, 6.45) is 1.02. The summed E-state index contributed by atoms with van der Waals surface area (Å²) >= 11 is 5.82. The molecule has 0 aromatic heterocycles. The van der Waals surface area contributed by atoms with Crippen molar-refractivity contribution in [1.29, 1.82) is 0 Å². The number of amides is 1. The number of carbonyl (C=O) groups excluding carboxylic acids is 1. The fourth-order valence-electron chi connectivity index (χ4n) is 2.24. The van der Waals surface area contributed by atoms with Gasteiger partial charge in [-0.25, -0.2) is 0 Å². The van der Waals surface area contributed by atoms with E-state index in [2.05, 4.69) is 32.9 Å². The number of hydrogen-bond acceptors (Lipinski definition) is 4. The summed E-state index contributed by atoms with van der Waals surface area (Å²) < 4.78 is 5.05. The van der Waals surface area contributed by atoms with Gasteiger partial charge in [0.15, 0.2) is 5.96 Å². The third-order valence-corrected chi connectivity index (χ3v) is 3.96. The predicted molar refractivity (Wildman–Crippen MR) is 123 cm³/mol. The van der Waals surface area contributed by atoms with Gasteiger partial charge in [0.1, 0.15) is 0 Å². The minimum atomic E-state index is -0.121. The molecule has 9 heteroatoms. The minimum Gasteiger partial charge on any atom is -0.385 e. The van der Waals surface area contributed by atoms with E-state index < -0.39 is 0 Å². The molecule has 0 atom stereocenters. The molecule has 0 unspecified atom stereocenters. The number of likely N-dealkylation sites (N-methyl/N-ethyl adjacent to an activating group) is 1. The highest BCUT2D eigenvalue weighted by Crippen LogP contribution is 2.09. The van der Waals surface area contributed by atoms with Crippen LogP contribution in [-0.4, -0.2) is 77.3 Å². The molecule has 7 nitrogen and oxygen atoms in total. The van der Waals surface area contributed by atoms with Crippen LogP contribution >= 0.6 is 35.6 Å². The zero-order chi connectivity index (χ0) is 19.2. The number of rotatable bonds is 11. The highest BCUT2D eigenvalue weighted by molar-refractivity contribution is 14.0. The first-order valence-electron chi connectivity index (χ1n) is 8.72. The smallest absolute Gasteiger partial charge is 0.251 e. The molecule has 0 heterocycles. The summed E-state index contributed by atoms with van der Waals surface area (Å²) in [5.74, 6) is 0.597. The maximum atomic E-state index is 12.0. The van der Waals surface area contributed by atoms with Crippen LogP contribution < -0.4 is 16.0 Å². The molecular weight excluding hydrogens is 481 g/mol. The van der Waals surface area contributed by atoms with Crippen LogP contribution in [0.2, 0.25) is 5.02 Å². The van der Waals surface area contributed by atoms with Crippen LogP contribution in [0.4, 0.5) is 0 Å². The molecule has 0 saturated heterocycles. The van der Waals surface area contributed by atoms with Crippen LogP contribution in [0.1, 0.15) is 16.8 Å². The molecule has 0 saturated carbocycles. The first-order valence-corrected chi connectivity index (χ1v) is 9.10. The Morgan fingerprint density at radius 1 is 1.11 bits per heavy atom. The van der Waals surface area contributed by atoms with Gasteiger partial charge in [0.05, 0.1) is 0 Å². The Kier molecular flexibility index (Phi) is 15.3. The van der Waals surface area contributed by atoms with Gasteiger partial charge < -0.3 is 25.6 Å². The standard InChI is InChI=1S/C18H30ClN5O2.HI/c1-20-18(23-11-13-24(2)12-4-14-26-3)22-10-9-21-17(25)15-5-7-16(19)8-6-15;/h5-8H,4,9-14H2,1-3H3,(H,21,25)(H2,20,22,23);1H. The Morgan fingerprint density at radius 3 is 2.37 bits per heavy atom. The third kappa shape index (κ3) is 12.1. The van der Waals surface area contributed by atoms with Crippen molar-refractivity contribution >= 4 is 47.4 Å². The SMILES string of the molecule is CN=C(NCCNC(=O)c1ccc(Cl)cc1)NCCN(C)CCCOC.I. The Hall–Kier alpha value is -1.10. The lowest BCUT2D eigenvalue weighted by atomic mass is 10.2. The van der Waals surface area contributed by atoms with Crippen molar-refractivity contribution in [2.75, 3.05) is 60.5 Å². The summed E-state index contributed by atoms with van der Waals surface area (Å²) in [6, 6.07) is 6.81. The number of hydrogen-bond donors (Lipinski definition) is 3. The van der Waals surface area contributed by atoms with E-state index in [9.17, 15) is 4.79 Å². The average Bonchev–Trinajstić information content (AvgIpc) is 2.64. The lowest BCUT2D eigenvalue weighted by molar-refractivity contribution is 0.0954. The van der Waals surface area contributed by atoms with E-state index in [-0.39, 0.29) is 29.9 Å². The summed E-state index contributed by atoms with van der Waals surface area (Å²) in [4.78, 5) is 18.4. The lowest BCUT2D eigenvalue weighted by Gasteiger charge is -2.18. The second-order valence-electron chi connectivity index (χ2n) is 5.84. The second kappa shape index (κ2) is 15.9. The summed E-state index contributed by atoms with van der Waals surface area (Å²) in [7, 11) is 5.53. The van der Waals surface area contributed by atoms with E-state index in [0.717, 1.165) is 38.6 Å². The molecule has 0 bridgehead atoms. The van der Waals surface area contributed by atoms with Crippen LogP contribution in [-0.2, 0) is 4.74 Å². The van der Waals surface area contributed by atoms with Crippen molar-refractivity contribution in [1.82, 2.24) is 20.9 Å². The van der Waals surface area contributed by atoms with Gasteiger partial charge in [0, 0.05) is 64.1 Å². The maximum absolute atomic E-state index is 12.0. The molecule has 0 radical (unpaired) electrons. The van der Waals surface area contributed by atoms with E-state index >= 15 is 0 Å². The van der Waals surface area contributed by atoms with Gasteiger partial charge in [-0.05, 0) is 37.7 Å². The van der Waals surface area contributed by atoms with E-state index in [0.29, 0.717) is 23.7 Å². The number of nitrogens with one attached hydrogen (secondary N) is 3. The molecule has 27 heavy (non-hydrogen) atoms. The van der Waals surface area contributed by atoms with Crippen LogP contribution in [0.3, 0.4) is 0 Å². The topological polar surface area (TPSA) is 78.0 Å². The Labute approximate surface area is 184 Å². The zero-order valence-corrected chi connectivity index (χ0v) is 19.3. The van der Waals surface area contributed by atoms with Gasteiger partial charge in [-0.2, -0.15) is 0 Å². The van der Waals surface area contributed by atoms with Crippen molar-refractivity contribution in [3.8, 4) is 0 Å². The fraction of sp³-hybridized carbons (Fsp3) is 0.556. The summed E-state index contributed by atoms with van der Waals surface area (Å²) in [5, 5.41) is 9.90. The number of nitrogens with zero attached hydrogens (tertiary/aromatic N) is 2. The number of guanidine groups is 1. The van der Waals surface area contributed by atoms with Crippen molar-refractivity contribution in [2.45, 2.75) is 6.42 Å². The lowest BCUT2D eigenvalue weighted by Crippen LogP contribution is -2.43. The monoisotopic (exact) mass is 511 g/mol. The molecule has 154 valence electrons. The number of carbonyl (C=O) groups is 1. The molecule has 0 aliphatic heterocycles. The highest BCUT2D eigenvalue weighted by atomic mass is 127. The molecule has 1 rings (SSSR count). The Bertz CT molecular complexity index is 557. The number of methoxy groups -OCH3 is 1. The number of aliphatic imine (C=N–C) groups is 1. The molecule has 0 aliphatic rings. The van der Waals surface area contributed by atoms with Crippen LogP contribution in [0.25, 0.3) is 0 Å². The van der Waals surface area contributed by atoms with Crippen LogP contribution in [0.5, 0.6) is 0 Å². The quantitative estimate of drug-likeness (QED) is 0.183. The molecule has 0 spiro atoms. The summed E-state index contributed by atoms with van der Waals surface area (Å²) in [6.45, 7) is 4.57. The van der Waals surface area contributed by atoms with Gasteiger partial charge in [0.25, 0.3) is 5.91 Å². The third-order valence-electron chi connectivity index (χ3n) is 3.71. The minimum absolute atomic E-state index is 0. The first-order chi connectivity index (χ1) is 12.6. The van der Waals surface area contributed by atoms with Gasteiger partial charge in [-0.1, -0.05) is 11.6 Å². The normalized spacial score (nSPS) is 11.1. The molecule has 1 aromatic carbocycles. The van der Waals surface area contributed by atoms with Crippen molar-refractivity contribution in [3.05, 3.63) is 34.9 Å². The van der Waals surface area contributed by atoms with Crippen LogP contribution in [0.15, 0.2) is 29.3 Å². The van der Waals surface area contributed by atoms with E-state index in [4.69, 9.17) is 16.3 Å². The predicted octanol–water partition coefficient (Wildman–Crippen LogP) is 1.82. The number of ether oxygens (including phenoxy) is 1. The zero-order valence-electron chi connectivity index (χ0n) is 16.3. The summed E-state index contributed by atoms with van der Waals surface area (Å²) in [5.41, 5.74) is 0.591. The number of halogens is 2. The van der Waals surface area contributed by atoms with Crippen molar-refractivity contribution in [2.24, 2.45) is 4.99 Å². The maximum Gasteiger partial charge on any atom is 0.251 e. The number of benzene rings is 1. The van der Waals surface area contributed by atoms with E-state index in [1.807, 2.05) is 0 Å². The molecule has 1 amide bonds. The largest absolute Gasteiger partial charge is 0.385 e. The van der Waals surface area contributed by atoms with Crippen molar-refractivity contribution in [3.63, 3.8) is 0 Å². The van der Waals surface area contributed by atoms with E-state index in [1.165, 1.54) is 0 Å². The van der Waals surface area contributed by atoms with Crippen molar-refractivity contribution < 1.29 is 9.53 Å². The van der Waals surface area contributed by atoms with Gasteiger partial charge in [-0.3, -0.25) is 9.79 Å². The average molecular weight is 512 g/mol.